The van der Waals surface area contributed by atoms with Gasteiger partial charge in [0.2, 0.25) is 5.91 Å². The minimum absolute atomic E-state index is 0.0404. The summed E-state index contributed by atoms with van der Waals surface area (Å²) in [6.45, 7) is 6.48. The molecule has 1 amide bonds. The van der Waals surface area contributed by atoms with Gasteiger partial charge in [-0.2, -0.15) is 0 Å². The predicted octanol–water partition coefficient (Wildman–Crippen LogP) is 0.833. The third-order valence-electron chi connectivity index (χ3n) is 3.24. The molecule has 1 aliphatic rings. The molecule has 2 atom stereocenters. The molecule has 2 unspecified atom stereocenters. The lowest BCUT2D eigenvalue weighted by Crippen LogP contribution is -2.49. The van der Waals surface area contributed by atoms with Crippen molar-refractivity contribution in [2.75, 3.05) is 6.61 Å². The van der Waals surface area contributed by atoms with Crippen molar-refractivity contribution in [3.8, 4) is 0 Å². The van der Waals surface area contributed by atoms with Crippen LogP contribution in [0.2, 0.25) is 0 Å². The number of amides is 1. The number of nitrogens with two attached hydrogens (primary N) is 1. The molecule has 6 heteroatoms. The van der Waals surface area contributed by atoms with Crippen LogP contribution in [0.5, 0.6) is 0 Å². The maximum atomic E-state index is 12.0. The number of hydrogen-bond donors (Lipinski definition) is 3. The van der Waals surface area contributed by atoms with Gasteiger partial charge in [-0.15, -0.1) is 0 Å². The van der Waals surface area contributed by atoms with E-state index in [1.165, 1.54) is 0 Å². The van der Waals surface area contributed by atoms with Crippen LogP contribution < -0.4 is 11.1 Å². The lowest BCUT2D eigenvalue weighted by Gasteiger charge is -2.36. The summed E-state index contributed by atoms with van der Waals surface area (Å²) in [4.78, 5) is 12.0. The van der Waals surface area contributed by atoms with E-state index >= 15 is 0 Å². The fraction of sp³-hybridized carbons (Fsp3) is 0.833. The third-order valence-corrected chi connectivity index (χ3v) is 3.24. The topological polar surface area (TPSA) is 96.9 Å². The van der Waals surface area contributed by atoms with Crippen LogP contribution in [-0.2, 0) is 9.53 Å². The lowest BCUT2D eigenvalue weighted by atomic mass is 9.93. The average molecular weight is 257 g/mol. The third kappa shape index (κ3) is 3.87. The second-order valence-corrected chi connectivity index (χ2v) is 5.29. The Bertz CT molecular complexity index is 329. The molecule has 1 heterocycles. The molecule has 1 aliphatic heterocycles. The van der Waals surface area contributed by atoms with E-state index in [9.17, 15) is 4.79 Å². The zero-order valence-corrected chi connectivity index (χ0v) is 11.3. The molecular weight excluding hydrogens is 234 g/mol. The molecule has 0 aromatic rings. The summed E-state index contributed by atoms with van der Waals surface area (Å²) in [6, 6.07) is 0.0850. The fourth-order valence-electron chi connectivity index (χ4n) is 2.26. The maximum Gasteiger partial charge on any atom is 0.231 e. The first-order valence-electron chi connectivity index (χ1n) is 6.31. The molecule has 1 fully saturated rings. The summed E-state index contributed by atoms with van der Waals surface area (Å²) in [6.07, 6.45) is 2.07. The van der Waals surface area contributed by atoms with Gasteiger partial charge in [-0.3, -0.25) is 4.79 Å². The maximum absolute atomic E-state index is 12.0. The van der Waals surface area contributed by atoms with Crippen LogP contribution in [-0.4, -0.2) is 35.2 Å². The Hall–Kier alpha value is -1.30. The van der Waals surface area contributed by atoms with Crippen molar-refractivity contribution in [3.05, 3.63) is 0 Å². The standard InChI is InChI=1S/C12H23N3O3/c1-4-9(10(13)15-17)11(16)14-8-5-6-18-12(2,3)7-8/h8-9,17H,4-7H2,1-3H3,(H2,13,15)(H,14,16). The van der Waals surface area contributed by atoms with E-state index in [4.69, 9.17) is 15.7 Å². The lowest BCUT2D eigenvalue weighted by molar-refractivity contribution is -0.126. The fourth-order valence-corrected chi connectivity index (χ4v) is 2.26. The zero-order chi connectivity index (χ0) is 13.8. The SMILES string of the molecule is CCC(C(=O)NC1CCOC(C)(C)C1)C(N)=NO. The molecule has 104 valence electrons. The first-order chi connectivity index (χ1) is 8.39. The van der Waals surface area contributed by atoms with Crippen molar-refractivity contribution < 1.29 is 14.7 Å². The molecular formula is C12H23N3O3. The minimum atomic E-state index is -0.569. The molecule has 0 aromatic carbocycles. The molecule has 6 nitrogen and oxygen atoms in total. The van der Waals surface area contributed by atoms with Gasteiger partial charge in [0, 0.05) is 12.6 Å². The van der Waals surface area contributed by atoms with Gasteiger partial charge in [0.05, 0.1) is 11.5 Å². The van der Waals surface area contributed by atoms with E-state index in [1.807, 2.05) is 20.8 Å². The van der Waals surface area contributed by atoms with Crippen LogP contribution in [0.1, 0.15) is 40.0 Å². The molecule has 0 aliphatic carbocycles. The Morgan fingerprint density at radius 3 is 2.83 bits per heavy atom. The number of nitrogens with one attached hydrogen (secondary N) is 1. The van der Waals surface area contributed by atoms with Crippen molar-refractivity contribution in [2.24, 2.45) is 16.8 Å². The largest absolute Gasteiger partial charge is 0.409 e. The monoisotopic (exact) mass is 257 g/mol. The number of nitrogens with zero attached hydrogens (tertiary/aromatic N) is 1. The summed E-state index contributed by atoms with van der Waals surface area (Å²) in [7, 11) is 0. The highest BCUT2D eigenvalue weighted by atomic mass is 16.5. The molecule has 18 heavy (non-hydrogen) atoms. The molecule has 0 spiro atoms. The minimum Gasteiger partial charge on any atom is -0.409 e. The highest BCUT2D eigenvalue weighted by Crippen LogP contribution is 2.24. The Balaban J connectivity index is 2.58. The summed E-state index contributed by atoms with van der Waals surface area (Å²) >= 11 is 0. The van der Waals surface area contributed by atoms with E-state index in [1.54, 1.807) is 0 Å². The van der Waals surface area contributed by atoms with E-state index < -0.39 is 5.92 Å². The van der Waals surface area contributed by atoms with E-state index in [0.717, 1.165) is 12.8 Å². The molecule has 0 saturated carbocycles. The van der Waals surface area contributed by atoms with Crippen LogP contribution >= 0.6 is 0 Å². The van der Waals surface area contributed by atoms with Crippen molar-refractivity contribution in [1.82, 2.24) is 5.32 Å². The Labute approximate surface area is 108 Å². The van der Waals surface area contributed by atoms with Gasteiger partial charge >= 0.3 is 0 Å². The number of oxime groups is 1. The number of carbonyl (C=O) groups is 1. The Morgan fingerprint density at radius 2 is 2.33 bits per heavy atom. The van der Waals surface area contributed by atoms with Crippen molar-refractivity contribution in [1.29, 1.82) is 0 Å². The second kappa shape index (κ2) is 6.04. The van der Waals surface area contributed by atoms with Crippen molar-refractivity contribution >= 4 is 11.7 Å². The van der Waals surface area contributed by atoms with Crippen LogP contribution in [0.4, 0.5) is 0 Å². The number of hydrogen-bond acceptors (Lipinski definition) is 4. The average Bonchev–Trinajstić information content (AvgIpc) is 2.28. The zero-order valence-electron chi connectivity index (χ0n) is 11.3. The number of rotatable bonds is 4. The van der Waals surface area contributed by atoms with Crippen LogP contribution in [0.3, 0.4) is 0 Å². The first kappa shape index (κ1) is 14.8. The predicted molar refractivity (Wildman–Crippen MR) is 68.4 cm³/mol. The van der Waals surface area contributed by atoms with Crippen LogP contribution in [0, 0.1) is 5.92 Å². The van der Waals surface area contributed by atoms with E-state index in [-0.39, 0.29) is 23.4 Å². The van der Waals surface area contributed by atoms with Crippen molar-refractivity contribution in [2.45, 2.75) is 51.7 Å². The second-order valence-electron chi connectivity index (χ2n) is 5.29. The quantitative estimate of drug-likeness (QED) is 0.301. The number of carbonyl (C=O) groups excluding carboxylic acids is 1. The normalized spacial score (nSPS) is 25.5. The number of amidine groups is 1. The molecule has 1 rings (SSSR count). The summed E-state index contributed by atoms with van der Waals surface area (Å²) in [5, 5.41) is 14.5. The molecule has 0 radical (unpaired) electrons. The van der Waals surface area contributed by atoms with Gasteiger partial charge in [0.1, 0.15) is 0 Å². The summed E-state index contributed by atoms with van der Waals surface area (Å²) < 4.78 is 5.59. The van der Waals surface area contributed by atoms with Crippen LogP contribution in [0.25, 0.3) is 0 Å². The van der Waals surface area contributed by atoms with Gasteiger partial charge in [0.15, 0.2) is 5.84 Å². The van der Waals surface area contributed by atoms with Gasteiger partial charge in [-0.25, -0.2) is 0 Å². The smallest absolute Gasteiger partial charge is 0.231 e. The summed E-state index contributed by atoms with van der Waals surface area (Å²) in [5.41, 5.74) is 5.29. The highest BCUT2D eigenvalue weighted by molar-refractivity contribution is 6.02. The number of ether oxygens (including phenoxy) is 1. The molecule has 0 bridgehead atoms. The van der Waals surface area contributed by atoms with Gasteiger partial charge in [-0.1, -0.05) is 12.1 Å². The van der Waals surface area contributed by atoms with Gasteiger partial charge in [0.25, 0.3) is 0 Å². The highest BCUT2D eigenvalue weighted by Gasteiger charge is 2.31. The Morgan fingerprint density at radius 1 is 1.67 bits per heavy atom. The van der Waals surface area contributed by atoms with Gasteiger partial charge < -0.3 is 21.0 Å². The van der Waals surface area contributed by atoms with Crippen molar-refractivity contribution in [3.63, 3.8) is 0 Å². The van der Waals surface area contributed by atoms with E-state index in [2.05, 4.69) is 10.5 Å². The first-order valence-corrected chi connectivity index (χ1v) is 6.31. The van der Waals surface area contributed by atoms with Gasteiger partial charge in [-0.05, 0) is 33.1 Å². The van der Waals surface area contributed by atoms with Crippen LogP contribution in [0.15, 0.2) is 5.16 Å². The molecule has 0 aromatic heterocycles. The summed E-state index contributed by atoms with van der Waals surface area (Å²) in [5.74, 6) is -0.794. The Kier molecular flexibility index (Phi) is 4.95. The van der Waals surface area contributed by atoms with E-state index in [0.29, 0.717) is 13.0 Å². The molecule has 1 saturated heterocycles. The molecule has 4 N–H and O–H groups in total.